The molecule has 0 aliphatic heterocycles. The second-order valence-corrected chi connectivity index (χ2v) is 10.2. The van der Waals surface area contributed by atoms with E-state index in [2.05, 4.69) is 15.4 Å². The third-order valence-electron chi connectivity index (χ3n) is 5.88. The number of carbonyl (C=O) groups excluding carboxylic acids is 3. The fourth-order valence-electron chi connectivity index (χ4n) is 4.03. The van der Waals surface area contributed by atoms with Gasteiger partial charge in [-0.2, -0.15) is 18.3 Å². The second kappa shape index (κ2) is 12.5. The smallest absolute Gasteiger partial charge is 0.343 e. The second-order valence-electron chi connectivity index (χ2n) is 8.82. The van der Waals surface area contributed by atoms with Crippen molar-refractivity contribution in [2.45, 2.75) is 32.1 Å². The molecular formula is C27H21ClF4N4O3S. The maximum absolute atomic E-state index is 13.7. The van der Waals surface area contributed by atoms with Gasteiger partial charge in [-0.3, -0.25) is 19.1 Å². The summed E-state index contributed by atoms with van der Waals surface area (Å²) in [4.78, 5) is 42.7. The van der Waals surface area contributed by atoms with Gasteiger partial charge in [0.05, 0.1) is 18.1 Å². The summed E-state index contributed by atoms with van der Waals surface area (Å²) in [5, 5.41) is 7.98. The van der Waals surface area contributed by atoms with Crippen LogP contribution in [0.1, 0.15) is 22.7 Å². The van der Waals surface area contributed by atoms with Gasteiger partial charge < -0.3 is 5.32 Å². The summed E-state index contributed by atoms with van der Waals surface area (Å²) < 4.78 is 55.6. The van der Waals surface area contributed by atoms with Gasteiger partial charge >= 0.3 is 6.18 Å². The van der Waals surface area contributed by atoms with E-state index in [4.69, 9.17) is 11.6 Å². The van der Waals surface area contributed by atoms with Crippen molar-refractivity contribution in [2.24, 2.45) is 5.92 Å². The van der Waals surface area contributed by atoms with Gasteiger partial charge in [0.1, 0.15) is 10.8 Å². The molecule has 2 aromatic carbocycles. The lowest BCUT2D eigenvalue weighted by molar-refractivity contribution is -0.142. The minimum absolute atomic E-state index is 0.0357. The van der Waals surface area contributed by atoms with E-state index in [1.165, 1.54) is 11.3 Å². The number of hydrogen-bond acceptors (Lipinski definition) is 6. The molecule has 7 nitrogen and oxygen atoms in total. The molecule has 1 amide bonds. The van der Waals surface area contributed by atoms with Crippen molar-refractivity contribution < 1.29 is 31.9 Å². The number of halogens is 5. The van der Waals surface area contributed by atoms with Crippen molar-refractivity contribution in [3.8, 4) is 11.1 Å². The molecule has 2 aromatic heterocycles. The number of benzene rings is 2. The Bertz CT molecular complexity index is 1510. The Kier molecular flexibility index (Phi) is 9.10. The molecule has 0 radical (unpaired) electrons. The van der Waals surface area contributed by atoms with E-state index in [9.17, 15) is 31.9 Å². The Morgan fingerprint density at radius 1 is 1.10 bits per heavy atom. The van der Waals surface area contributed by atoms with Crippen LogP contribution in [0.25, 0.3) is 11.1 Å². The highest BCUT2D eigenvalue weighted by molar-refractivity contribution is 7.09. The zero-order valence-electron chi connectivity index (χ0n) is 20.6. The molecule has 1 N–H and O–H groups in total. The molecule has 0 saturated heterocycles. The first-order chi connectivity index (χ1) is 19.0. The van der Waals surface area contributed by atoms with Crippen molar-refractivity contribution in [1.82, 2.24) is 20.1 Å². The van der Waals surface area contributed by atoms with Gasteiger partial charge in [0.15, 0.2) is 11.5 Å². The van der Waals surface area contributed by atoms with Gasteiger partial charge in [0.25, 0.3) is 5.91 Å². The van der Waals surface area contributed by atoms with Gasteiger partial charge in [-0.25, -0.2) is 9.37 Å². The average molecular weight is 593 g/mol. The highest BCUT2D eigenvalue weighted by atomic mass is 35.5. The van der Waals surface area contributed by atoms with Gasteiger partial charge in [-0.15, -0.1) is 11.3 Å². The monoisotopic (exact) mass is 592 g/mol. The van der Waals surface area contributed by atoms with Crippen LogP contribution in [0.5, 0.6) is 0 Å². The number of amides is 1. The number of hydrogen-bond donors (Lipinski definition) is 1. The van der Waals surface area contributed by atoms with Crippen LogP contribution in [0.3, 0.4) is 0 Å². The van der Waals surface area contributed by atoms with Crippen molar-refractivity contribution in [2.75, 3.05) is 0 Å². The number of nitrogens with zero attached hydrogens (tertiary/aromatic N) is 3. The van der Waals surface area contributed by atoms with Gasteiger partial charge in [-0.1, -0.05) is 48.0 Å². The fourth-order valence-corrected chi connectivity index (χ4v) is 4.77. The van der Waals surface area contributed by atoms with E-state index in [0.29, 0.717) is 10.6 Å². The summed E-state index contributed by atoms with van der Waals surface area (Å²) in [5.41, 5.74) is -0.996. The molecule has 0 saturated carbocycles. The molecule has 0 fully saturated rings. The molecule has 13 heteroatoms. The van der Waals surface area contributed by atoms with E-state index in [0.717, 1.165) is 29.1 Å². The fraction of sp³-hybridized carbons (Fsp3) is 0.222. The molecule has 4 aromatic rings. The standard InChI is InChI=1S/C27H21ClF4N4O3S/c28-21-12-17(6-7-22(21)29)20-15-36(35-25(20)27(30,31)32)14-19(37)11-18(10-16-4-2-1-3-5-16)24(38)26(39)34-13-23-33-8-9-40-23/h1-9,12,15,18H,10-11,13-14H2,(H,34,39)/t18-/m0/s1. The normalized spacial score (nSPS) is 12.2. The summed E-state index contributed by atoms with van der Waals surface area (Å²) in [7, 11) is 0. The number of aromatic nitrogens is 3. The number of rotatable bonds is 11. The molecule has 1 atom stereocenters. The summed E-state index contributed by atoms with van der Waals surface area (Å²) in [6, 6.07) is 11.8. The van der Waals surface area contributed by atoms with Crippen LogP contribution in [0, 0.1) is 11.7 Å². The van der Waals surface area contributed by atoms with Crippen LogP contribution in [-0.4, -0.2) is 32.2 Å². The van der Waals surface area contributed by atoms with Crippen molar-refractivity contribution in [1.29, 1.82) is 0 Å². The van der Waals surface area contributed by atoms with Crippen LogP contribution >= 0.6 is 22.9 Å². The lowest BCUT2D eigenvalue weighted by atomic mass is 9.90. The molecule has 0 aliphatic rings. The lowest BCUT2D eigenvalue weighted by Crippen LogP contribution is -2.37. The molecule has 0 bridgehead atoms. The zero-order valence-corrected chi connectivity index (χ0v) is 22.2. The molecule has 0 aliphatic carbocycles. The number of carbonyl (C=O) groups is 3. The van der Waals surface area contributed by atoms with E-state index < -0.39 is 54.0 Å². The molecule has 2 heterocycles. The maximum Gasteiger partial charge on any atom is 0.435 e. The van der Waals surface area contributed by atoms with E-state index >= 15 is 0 Å². The Balaban J connectivity index is 1.53. The number of alkyl halides is 3. The minimum atomic E-state index is -4.87. The van der Waals surface area contributed by atoms with Crippen LogP contribution in [0.2, 0.25) is 5.02 Å². The molecule has 4 rings (SSSR count). The van der Waals surface area contributed by atoms with E-state index in [1.54, 1.807) is 41.9 Å². The topological polar surface area (TPSA) is 94.0 Å². The number of Topliss-reactive ketones (excluding diaryl/α,β-unsaturated/α-hetero) is 2. The van der Waals surface area contributed by atoms with E-state index in [1.807, 2.05) is 0 Å². The third kappa shape index (κ3) is 7.39. The van der Waals surface area contributed by atoms with Gasteiger partial charge in [0.2, 0.25) is 5.78 Å². The summed E-state index contributed by atoms with van der Waals surface area (Å²) >= 11 is 7.04. The highest BCUT2D eigenvalue weighted by Crippen LogP contribution is 2.37. The minimum Gasteiger partial charge on any atom is -0.343 e. The predicted octanol–water partition coefficient (Wildman–Crippen LogP) is 5.52. The largest absolute Gasteiger partial charge is 0.435 e. The quantitative estimate of drug-likeness (QED) is 0.183. The Hall–Kier alpha value is -3.90. The SMILES string of the molecule is O=C(C[C@H](Cc1ccccc1)C(=O)C(=O)NCc1nccs1)Cn1cc(-c2ccc(F)c(Cl)c2)c(C(F)(F)F)n1. The first kappa shape index (κ1) is 29.1. The molecule has 0 unspecified atom stereocenters. The predicted molar refractivity (Wildman–Crippen MR) is 140 cm³/mol. The summed E-state index contributed by atoms with van der Waals surface area (Å²) in [5.74, 6) is -4.18. The van der Waals surface area contributed by atoms with Gasteiger partial charge in [-0.05, 0) is 29.7 Å². The van der Waals surface area contributed by atoms with Crippen LogP contribution in [-0.2, 0) is 40.1 Å². The average Bonchev–Trinajstić information content (AvgIpc) is 3.59. The van der Waals surface area contributed by atoms with Gasteiger partial charge in [0, 0.05) is 35.7 Å². The van der Waals surface area contributed by atoms with Crippen LogP contribution in [0.4, 0.5) is 17.6 Å². The first-order valence-corrected chi connectivity index (χ1v) is 13.1. The van der Waals surface area contributed by atoms with Crippen LogP contribution in [0.15, 0.2) is 66.3 Å². The first-order valence-electron chi connectivity index (χ1n) is 11.9. The number of ketones is 2. The Morgan fingerprint density at radius 2 is 1.85 bits per heavy atom. The Labute approximate surface area is 234 Å². The maximum atomic E-state index is 13.7. The Morgan fingerprint density at radius 3 is 2.50 bits per heavy atom. The highest BCUT2D eigenvalue weighted by Gasteiger charge is 2.38. The van der Waals surface area contributed by atoms with Crippen molar-refractivity contribution in [3.05, 3.63) is 93.4 Å². The summed E-state index contributed by atoms with van der Waals surface area (Å²) in [6.07, 6.45) is -2.63. The third-order valence-corrected chi connectivity index (χ3v) is 6.95. The number of thiazole rings is 1. The zero-order chi connectivity index (χ0) is 28.9. The molecule has 40 heavy (non-hydrogen) atoms. The molecule has 208 valence electrons. The summed E-state index contributed by atoms with van der Waals surface area (Å²) in [6.45, 7) is -0.546. The molecule has 0 spiro atoms. The van der Waals surface area contributed by atoms with E-state index in [-0.39, 0.29) is 29.1 Å². The number of nitrogens with one attached hydrogen (secondary N) is 1. The van der Waals surface area contributed by atoms with Crippen molar-refractivity contribution >= 4 is 40.4 Å². The van der Waals surface area contributed by atoms with Crippen LogP contribution < -0.4 is 5.32 Å². The van der Waals surface area contributed by atoms with Crippen molar-refractivity contribution in [3.63, 3.8) is 0 Å². The molecular weight excluding hydrogens is 572 g/mol. The lowest BCUT2D eigenvalue weighted by Gasteiger charge is -2.15.